The minimum Gasteiger partial charge on any atom is -0.472 e. The van der Waals surface area contributed by atoms with Crippen molar-refractivity contribution in [3.8, 4) is 5.88 Å². The number of ether oxygens (including phenoxy) is 2. The molecule has 0 bridgehead atoms. The van der Waals surface area contributed by atoms with Crippen LogP contribution in [0.1, 0.15) is 18.9 Å². The zero-order valence-corrected chi connectivity index (χ0v) is 13.4. The summed E-state index contributed by atoms with van der Waals surface area (Å²) in [4.78, 5) is 18.0. The fourth-order valence-electron chi connectivity index (χ4n) is 2.95. The smallest absolute Gasteiger partial charge is 0.409 e. The van der Waals surface area contributed by atoms with Gasteiger partial charge < -0.3 is 14.4 Å². The van der Waals surface area contributed by atoms with E-state index in [1.54, 1.807) is 11.0 Å². The average Bonchev–Trinajstić information content (AvgIpc) is 2.93. The molecule has 1 aliphatic heterocycles. The molecule has 1 amide bonds. The summed E-state index contributed by atoms with van der Waals surface area (Å²) in [6, 6.07) is 9.98. The van der Waals surface area contributed by atoms with Crippen molar-refractivity contribution in [3.63, 3.8) is 0 Å². The highest BCUT2D eigenvalue weighted by Crippen LogP contribution is 2.27. The molecule has 0 saturated carbocycles. The van der Waals surface area contributed by atoms with Crippen LogP contribution < -0.4 is 4.74 Å². The van der Waals surface area contributed by atoms with Crippen molar-refractivity contribution in [1.82, 2.24) is 9.88 Å². The standard InChI is InChI=1S/C18H20N2O3/c1-4-13-10-14-7-5-6-8-16(14)19-17(13)23-15-9-12(2)20(11-15)18(21)22-3/h4-8,10,12,15H,1,9,11H2,2-3H3/t12-,15-/m1/s1. The van der Waals surface area contributed by atoms with Crippen molar-refractivity contribution < 1.29 is 14.3 Å². The van der Waals surface area contributed by atoms with Crippen LogP contribution in [-0.4, -0.2) is 41.8 Å². The number of aromatic nitrogens is 1. The van der Waals surface area contributed by atoms with E-state index in [0.717, 1.165) is 22.9 Å². The Labute approximate surface area is 135 Å². The number of carbonyl (C=O) groups excluding carboxylic acids is 1. The second-order valence-electron chi connectivity index (χ2n) is 5.73. The van der Waals surface area contributed by atoms with E-state index < -0.39 is 0 Å². The summed E-state index contributed by atoms with van der Waals surface area (Å²) in [7, 11) is 1.39. The molecule has 1 saturated heterocycles. The molecule has 1 fully saturated rings. The zero-order valence-electron chi connectivity index (χ0n) is 13.4. The van der Waals surface area contributed by atoms with Crippen LogP contribution in [0, 0.1) is 0 Å². The van der Waals surface area contributed by atoms with Crippen molar-refractivity contribution in [2.45, 2.75) is 25.5 Å². The summed E-state index contributed by atoms with van der Waals surface area (Å²) in [6.07, 6.45) is 2.07. The molecule has 1 aliphatic rings. The number of amides is 1. The number of methoxy groups -OCH3 is 1. The molecule has 0 spiro atoms. The lowest BCUT2D eigenvalue weighted by atomic mass is 10.1. The number of pyridine rings is 1. The van der Waals surface area contributed by atoms with Gasteiger partial charge in [0.25, 0.3) is 0 Å². The summed E-state index contributed by atoms with van der Waals surface area (Å²) in [6.45, 7) is 6.33. The Balaban J connectivity index is 1.84. The van der Waals surface area contributed by atoms with E-state index in [0.29, 0.717) is 12.4 Å². The third kappa shape index (κ3) is 2.99. The van der Waals surface area contributed by atoms with Crippen molar-refractivity contribution in [3.05, 3.63) is 42.5 Å². The summed E-state index contributed by atoms with van der Waals surface area (Å²) >= 11 is 0. The summed E-state index contributed by atoms with van der Waals surface area (Å²) in [5.41, 5.74) is 1.73. The van der Waals surface area contributed by atoms with Gasteiger partial charge in [0.1, 0.15) is 6.10 Å². The fourth-order valence-corrected chi connectivity index (χ4v) is 2.95. The highest BCUT2D eigenvalue weighted by molar-refractivity contribution is 5.82. The highest BCUT2D eigenvalue weighted by atomic mass is 16.5. The van der Waals surface area contributed by atoms with E-state index in [-0.39, 0.29) is 18.2 Å². The van der Waals surface area contributed by atoms with Gasteiger partial charge in [-0.25, -0.2) is 9.78 Å². The molecule has 0 unspecified atom stereocenters. The number of para-hydroxylation sites is 1. The molecule has 3 rings (SSSR count). The molecule has 1 aromatic heterocycles. The monoisotopic (exact) mass is 312 g/mol. The molecule has 2 heterocycles. The van der Waals surface area contributed by atoms with Gasteiger partial charge in [0.2, 0.25) is 5.88 Å². The van der Waals surface area contributed by atoms with Gasteiger partial charge in [-0.3, -0.25) is 0 Å². The number of hydrogen-bond acceptors (Lipinski definition) is 4. The van der Waals surface area contributed by atoms with Gasteiger partial charge in [-0.1, -0.05) is 30.9 Å². The Morgan fingerprint density at radius 1 is 1.43 bits per heavy atom. The van der Waals surface area contributed by atoms with Gasteiger partial charge in [-0.2, -0.15) is 0 Å². The van der Waals surface area contributed by atoms with E-state index in [1.807, 2.05) is 37.3 Å². The first kappa shape index (κ1) is 15.3. The molecule has 23 heavy (non-hydrogen) atoms. The number of rotatable bonds is 3. The van der Waals surface area contributed by atoms with Gasteiger partial charge in [-0.05, 0) is 19.1 Å². The maximum Gasteiger partial charge on any atom is 0.409 e. The summed E-state index contributed by atoms with van der Waals surface area (Å²) in [5.74, 6) is 0.558. The normalized spacial score (nSPS) is 20.5. The molecule has 0 N–H and O–H groups in total. The Bertz CT molecular complexity index is 744. The summed E-state index contributed by atoms with van der Waals surface area (Å²) < 4.78 is 10.9. The maximum atomic E-state index is 11.7. The van der Waals surface area contributed by atoms with Crippen LogP contribution in [0.25, 0.3) is 17.0 Å². The van der Waals surface area contributed by atoms with Crippen LogP contribution in [0.3, 0.4) is 0 Å². The molecule has 0 aliphatic carbocycles. The first-order valence-electron chi connectivity index (χ1n) is 7.66. The molecule has 5 heteroatoms. The maximum absolute atomic E-state index is 11.7. The number of carbonyl (C=O) groups is 1. The molecule has 2 aromatic rings. The van der Waals surface area contributed by atoms with E-state index in [2.05, 4.69) is 11.6 Å². The van der Waals surface area contributed by atoms with Crippen molar-refractivity contribution >= 4 is 23.1 Å². The SMILES string of the molecule is C=Cc1cc2ccccc2nc1O[C@@H]1C[C@@H](C)N(C(=O)OC)C1. The molecule has 0 radical (unpaired) electrons. The third-order valence-electron chi connectivity index (χ3n) is 4.16. The molecular weight excluding hydrogens is 292 g/mol. The second-order valence-corrected chi connectivity index (χ2v) is 5.73. The number of nitrogens with zero attached hydrogens (tertiary/aromatic N) is 2. The Hall–Kier alpha value is -2.56. The van der Waals surface area contributed by atoms with Crippen LogP contribution in [0.5, 0.6) is 5.88 Å². The largest absolute Gasteiger partial charge is 0.472 e. The first-order valence-corrected chi connectivity index (χ1v) is 7.66. The van der Waals surface area contributed by atoms with E-state index >= 15 is 0 Å². The number of hydrogen-bond donors (Lipinski definition) is 0. The van der Waals surface area contributed by atoms with E-state index in [9.17, 15) is 4.79 Å². The van der Waals surface area contributed by atoms with E-state index in [4.69, 9.17) is 9.47 Å². The number of benzene rings is 1. The zero-order chi connectivity index (χ0) is 16.4. The van der Waals surface area contributed by atoms with Crippen LogP contribution in [0.4, 0.5) is 4.79 Å². The number of likely N-dealkylation sites (tertiary alicyclic amines) is 1. The van der Waals surface area contributed by atoms with Crippen LogP contribution in [0.2, 0.25) is 0 Å². The third-order valence-corrected chi connectivity index (χ3v) is 4.16. The number of fused-ring (bicyclic) bond motifs is 1. The fraction of sp³-hybridized carbons (Fsp3) is 0.333. The van der Waals surface area contributed by atoms with Crippen molar-refractivity contribution in [1.29, 1.82) is 0 Å². The Morgan fingerprint density at radius 2 is 2.22 bits per heavy atom. The Morgan fingerprint density at radius 3 is 2.96 bits per heavy atom. The van der Waals surface area contributed by atoms with Crippen LogP contribution in [0.15, 0.2) is 36.9 Å². The van der Waals surface area contributed by atoms with Gasteiger partial charge in [-0.15, -0.1) is 0 Å². The lowest BCUT2D eigenvalue weighted by molar-refractivity contribution is 0.116. The molecular formula is C18H20N2O3. The van der Waals surface area contributed by atoms with Gasteiger partial charge in [0.15, 0.2) is 0 Å². The lowest BCUT2D eigenvalue weighted by Gasteiger charge is -2.19. The van der Waals surface area contributed by atoms with Gasteiger partial charge >= 0.3 is 6.09 Å². The molecule has 2 atom stereocenters. The average molecular weight is 312 g/mol. The topological polar surface area (TPSA) is 51.7 Å². The minimum atomic E-state index is -0.320. The Kier molecular flexibility index (Phi) is 4.19. The van der Waals surface area contributed by atoms with Crippen molar-refractivity contribution in [2.24, 2.45) is 0 Å². The summed E-state index contributed by atoms with van der Waals surface area (Å²) in [5, 5.41) is 1.05. The molecule has 1 aromatic carbocycles. The van der Waals surface area contributed by atoms with Gasteiger partial charge in [0.05, 0.1) is 19.2 Å². The van der Waals surface area contributed by atoms with Crippen molar-refractivity contribution in [2.75, 3.05) is 13.7 Å². The van der Waals surface area contributed by atoms with E-state index in [1.165, 1.54) is 7.11 Å². The van der Waals surface area contributed by atoms with Gasteiger partial charge in [0, 0.05) is 23.4 Å². The van der Waals surface area contributed by atoms with Crippen LogP contribution >= 0.6 is 0 Å². The lowest BCUT2D eigenvalue weighted by Crippen LogP contribution is -2.34. The quantitative estimate of drug-likeness (QED) is 0.870. The predicted molar refractivity (Wildman–Crippen MR) is 89.4 cm³/mol. The molecule has 120 valence electrons. The first-order chi connectivity index (χ1) is 11.1. The second kappa shape index (κ2) is 6.28. The highest BCUT2D eigenvalue weighted by Gasteiger charge is 2.34. The minimum absolute atomic E-state index is 0.0834. The van der Waals surface area contributed by atoms with Crippen LogP contribution in [-0.2, 0) is 4.74 Å². The predicted octanol–water partition coefficient (Wildman–Crippen LogP) is 3.49. The molecule has 5 nitrogen and oxygen atoms in total.